The molecule has 2 aromatic rings. The summed E-state index contributed by atoms with van der Waals surface area (Å²) in [6.07, 6.45) is 3.47. The summed E-state index contributed by atoms with van der Waals surface area (Å²) in [6, 6.07) is 19.1. The van der Waals surface area contributed by atoms with Gasteiger partial charge in [0.1, 0.15) is 5.75 Å². The molecule has 21 heavy (non-hydrogen) atoms. The lowest BCUT2D eigenvalue weighted by Crippen LogP contribution is -2.27. The van der Waals surface area contributed by atoms with Crippen LogP contribution in [0.2, 0.25) is 0 Å². The van der Waals surface area contributed by atoms with E-state index < -0.39 is 0 Å². The standard InChI is InChI=1S/C19H21NO/c1-21-19-9-7-17(8-10-19)18-11-13-20(14-12-18)15-16-5-3-2-4-6-16/h2-11H,12-15H2,1H3. The second-order valence-electron chi connectivity index (χ2n) is 5.43. The van der Waals surface area contributed by atoms with Crippen molar-refractivity contribution >= 4 is 5.57 Å². The first-order valence-corrected chi connectivity index (χ1v) is 7.45. The summed E-state index contributed by atoms with van der Waals surface area (Å²) >= 11 is 0. The van der Waals surface area contributed by atoms with Crippen molar-refractivity contribution in [3.05, 3.63) is 71.8 Å². The Hall–Kier alpha value is -2.06. The molecule has 2 nitrogen and oxygen atoms in total. The summed E-state index contributed by atoms with van der Waals surface area (Å²) in [6.45, 7) is 3.18. The van der Waals surface area contributed by atoms with E-state index in [0.717, 1.165) is 31.8 Å². The molecule has 0 radical (unpaired) electrons. The highest BCUT2D eigenvalue weighted by Crippen LogP contribution is 2.24. The minimum Gasteiger partial charge on any atom is -0.497 e. The number of rotatable bonds is 4. The molecule has 0 spiro atoms. The van der Waals surface area contributed by atoms with E-state index in [1.54, 1.807) is 7.11 Å². The molecular formula is C19H21NO. The third kappa shape index (κ3) is 3.53. The fraction of sp³-hybridized carbons (Fsp3) is 0.263. The fourth-order valence-electron chi connectivity index (χ4n) is 2.76. The largest absolute Gasteiger partial charge is 0.497 e. The molecule has 2 heteroatoms. The molecule has 1 aliphatic heterocycles. The van der Waals surface area contributed by atoms with Gasteiger partial charge in [0, 0.05) is 19.6 Å². The van der Waals surface area contributed by atoms with Gasteiger partial charge in [-0.25, -0.2) is 0 Å². The summed E-state index contributed by atoms with van der Waals surface area (Å²) in [7, 11) is 1.70. The van der Waals surface area contributed by atoms with Crippen LogP contribution >= 0.6 is 0 Å². The zero-order chi connectivity index (χ0) is 14.5. The van der Waals surface area contributed by atoms with E-state index in [-0.39, 0.29) is 0 Å². The lowest BCUT2D eigenvalue weighted by atomic mass is 9.99. The van der Waals surface area contributed by atoms with E-state index in [1.807, 2.05) is 12.1 Å². The van der Waals surface area contributed by atoms with Crippen molar-refractivity contribution in [3.63, 3.8) is 0 Å². The van der Waals surface area contributed by atoms with Gasteiger partial charge in [0.15, 0.2) is 0 Å². The molecule has 2 aromatic carbocycles. The normalized spacial score (nSPS) is 15.6. The van der Waals surface area contributed by atoms with Gasteiger partial charge in [-0.15, -0.1) is 0 Å². The topological polar surface area (TPSA) is 12.5 Å². The van der Waals surface area contributed by atoms with Crippen molar-refractivity contribution in [2.75, 3.05) is 20.2 Å². The highest BCUT2D eigenvalue weighted by Gasteiger charge is 2.13. The Bertz CT molecular complexity index is 601. The molecule has 0 amide bonds. The first kappa shape index (κ1) is 13.9. The van der Waals surface area contributed by atoms with Gasteiger partial charge in [-0.1, -0.05) is 48.5 Å². The average molecular weight is 279 g/mol. The molecule has 0 bridgehead atoms. The Kier molecular flexibility index (Phi) is 4.37. The number of hydrogen-bond acceptors (Lipinski definition) is 2. The van der Waals surface area contributed by atoms with Crippen LogP contribution in [-0.4, -0.2) is 25.1 Å². The van der Waals surface area contributed by atoms with Gasteiger partial charge >= 0.3 is 0 Å². The van der Waals surface area contributed by atoms with E-state index in [0.29, 0.717) is 0 Å². The summed E-state index contributed by atoms with van der Waals surface area (Å²) in [4.78, 5) is 2.49. The van der Waals surface area contributed by atoms with E-state index in [4.69, 9.17) is 4.74 Å². The molecule has 0 N–H and O–H groups in total. The van der Waals surface area contributed by atoms with Crippen LogP contribution in [0.15, 0.2) is 60.7 Å². The van der Waals surface area contributed by atoms with Gasteiger partial charge in [-0.05, 0) is 35.3 Å². The van der Waals surface area contributed by atoms with Crippen molar-refractivity contribution in [2.45, 2.75) is 13.0 Å². The van der Waals surface area contributed by atoms with Crippen LogP contribution in [0, 0.1) is 0 Å². The van der Waals surface area contributed by atoms with Crippen molar-refractivity contribution < 1.29 is 4.74 Å². The minimum atomic E-state index is 0.917. The number of hydrogen-bond donors (Lipinski definition) is 0. The Balaban J connectivity index is 1.63. The molecule has 108 valence electrons. The summed E-state index contributed by atoms with van der Waals surface area (Å²) in [5.41, 5.74) is 4.15. The monoisotopic (exact) mass is 279 g/mol. The Morgan fingerprint density at radius 2 is 1.76 bits per heavy atom. The third-order valence-corrected chi connectivity index (χ3v) is 4.00. The lowest BCUT2D eigenvalue weighted by molar-refractivity contribution is 0.294. The highest BCUT2D eigenvalue weighted by molar-refractivity contribution is 5.67. The lowest BCUT2D eigenvalue weighted by Gasteiger charge is -2.26. The van der Waals surface area contributed by atoms with Crippen molar-refractivity contribution in [2.24, 2.45) is 0 Å². The van der Waals surface area contributed by atoms with Crippen LogP contribution < -0.4 is 4.74 Å². The molecule has 0 unspecified atom stereocenters. The second-order valence-corrected chi connectivity index (χ2v) is 5.43. The molecule has 3 rings (SSSR count). The maximum Gasteiger partial charge on any atom is 0.118 e. The summed E-state index contributed by atoms with van der Waals surface area (Å²) in [5.74, 6) is 0.917. The SMILES string of the molecule is COc1ccc(C2=CCN(Cc3ccccc3)CC2)cc1. The first-order chi connectivity index (χ1) is 10.3. The van der Waals surface area contributed by atoms with E-state index >= 15 is 0 Å². The van der Waals surface area contributed by atoms with Crippen LogP contribution in [-0.2, 0) is 6.54 Å². The number of ether oxygens (including phenoxy) is 1. The van der Waals surface area contributed by atoms with Crippen LogP contribution in [0.5, 0.6) is 5.75 Å². The molecule has 0 atom stereocenters. The zero-order valence-corrected chi connectivity index (χ0v) is 12.5. The maximum absolute atomic E-state index is 5.21. The molecule has 1 aliphatic rings. The smallest absolute Gasteiger partial charge is 0.118 e. The first-order valence-electron chi connectivity index (χ1n) is 7.45. The third-order valence-electron chi connectivity index (χ3n) is 4.00. The van der Waals surface area contributed by atoms with Crippen molar-refractivity contribution in [1.29, 1.82) is 0 Å². The predicted molar refractivity (Wildman–Crippen MR) is 87.3 cm³/mol. The number of nitrogens with zero attached hydrogens (tertiary/aromatic N) is 1. The van der Waals surface area contributed by atoms with Gasteiger partial charge in [0.2, 0.25) is 0 Å². The van der Waals surface area contributed by atoms with Crippen molar-refractivity contribution in [1.82, 2.24) is 4.90 Å². The van der Waals surface area contributed by atoms with Crippen LogP contribution in [0.4, 0.5) is 0 Å². The number of methoxy groups -OCH3 is 1. The highest BCUT2D eigenvalue weighted by atomic mass is 16.5. The molecule has 0 saturated carbocycles. The number of benzene rings is 2. The van der Waals surface area contributed by atoms with Gasteiger partial charge in [0.25, 0.3) is 0 Å². The molecule has 0 fully saturated rings. The molecular weight excluding hydrogens is 258 g/mol. The van der Waals surface area contributed by atoms with Gasteiger partial charge in [-0.3, -0.25) is 4.90 Å². The fourth-order valence-corrected chi connectivity index (χ4v) is 2.76. The molecule has 0 aliphatic carbocycles. The quantitative estimate of drug-likeness (QED) is 0.839. The average Bonchev–Trinajstić information content (AvgIpc) is 2.57. The summed E-state index contributed by atoms with van der Waals surface area (Å²) < 4.78 is 5.21. The van der Waals surface area contributed by atoms with E-state index in [9.17, 15) is 0 Å². The Labute approximate surface area is 126 Å². The maximum atomic E-state index is 5.21. The van der Waals surface area contributed by atoms with E-state index in [2.05, 4.69) is 53.4 Å². The van der Waals surface area contributed by atoms with Crippen LogP contribution in [0.1, 0.15) is 17.5 Å². The molecule has 0 saturated heterocycles. The molecule has 1 heterocycles. The van der Waals surface area contributed by atoms with Gasteiger partial charge in [0.05, 0.1) is 7.11 Å². The minimum absolute atomic E-state index is 0.917. The Morgan fingerprint density at radius 3 is 2.38 bits per heavy atom. The molecule has 0 aromatic heterocycles. The van der Waals surface area contributed by atoms with E-state index in [1.165, 1.54) is 16.7 Å². The van der Waals surface area contributed by atoms with Gasteiger partial charge < -0.3 is 4.74 Å². The van der Waals surface area contributed by atoms with Gasteiger partial charge in [-0.2, -0.15) is 0 Å². The Morgan fingerprint density at radius 1 is 1.00 bits per heavy atom. The van der Waals surface area contributed by atoms with Crippen LogP contribution in [0.25, 0.3) is 5.57 Å². The zero-order valence-electron chi connectivity index (χ0n) is 12.5. The summed E-state index contributed by atoms with van der Waals surface area (Å²) in [5, 5.41) is 0. The van der Waals surface area contributed by atoms with Crippen molar-refractivity contribution in [3.8, 4) is 5.75 Å². The second kappa shape index (κ2) is 6.59. The van der Waals surface area contributed by atoms with Crippen LogP contribution in [0.3, 0.4) is 0 Å². The predicted octanol–water partition coefficient (Wildman–Crippen LogP) is 3.98.